The molecule has 0 bridgehead atoms. The van der Waals surface area contributed by atoms with E-state index in [1.165, 1.54) is 13.2 Å². The van der Waals surface area contributed by atoms with Gasteiger partial charge < -0.3 is 4.74 Å². The highest BCUT2D eigenvalue weighted by Gasteiger charge is 2.13. The van der Waals surface area contributed by atoms with Crippen molar-refractivity contribution in [2.45, 2.75) is 25.7 Å². The number of ketones is 2. The van der Waals surface area contributed by atoms with Crippen LogP contribution < -0.4 is 0 Å². The Kier molecular flexibility index (Phi) is 7.96. The summed E-state index contributed by atoms with van der Waals surface area (Å²) in [5.74, 6) is -0.474. The fraction of sp³-hybridized carbons (Fsp3) is 0.227. The first-order valence-corrected chi connectivity index (χ1v) is 8.99. The molecule has 0 fully saturated rings. The zero-order valence-corrected chi connectivity index (χ0v) is 15.9. The maximum atomic E-state index is 12.5. The molecule has 0 saturated carbocycles. The van der Waals surface area contributed by atoms with Crippen molar-refractivity contribution in [3.8, 4) is 0 Å². The quantitative estimate of drug-likeness (QED) is 0.365. The number of hydrogen-bond donors (Lipinski definition) is 0. The van der Waals surface area contributed by atoms with Gasteiger partial charge in [0.2, 0.25) is 0 Å². The minimum atomic E-state index is -0.448. The molecule has 0 heterocycles. The third kappa shape index (κ3) is 6.83. The SMILES string of the molecule is COC(=O)/C=C/CCC(=O)c1ccccc1CC(=O)Cc1ccc(Cl)cc1. The molecule has 2 rings (SSSR count). The first-order chi connectivity index (χ1) is 13.0. The van der Waals surface area contributed by atoms with Crippen molar-refractivity contribution in [3.05, 3.63) is 82.4 Å². The maximum absolute atomic E-state index is 12.5. The standard InChI is InChI=1S/C22H21ClO4/c1-27-22(26)9-5-4-8-21(25)20-7-3-2-6-17(20)15-19(24)14-16-10-12-18(23)13-11-16/h2-3,5-7,9-13H,4,8,14-15H2,1H3/b9-5+. The predicted octanol–water partition coefficient (Wildman–Crippen LogP) is 4.39. The molecule has 2 aromatic rings. The van der Waals surface area contributed by atoms with E-state index in [9.17, 15) is 14.4 Å². The van der Waals surface area contributed by atoms with E-state index in [4.69, 9.17) is 11.6 Å². The molecule has 2 aromatic carbocycles. The molecule has 5 heteroatoms. The number of ether oxygens (including phenoxy) is 1. The molecule has 0 radical (unpaired) electrons. The summed E-state index contributed by atoms with van der Waals surface area (Å²) < 4.78 is 4.50. The lowest BCUT2D eigenvalue weighted by Crippen LogP contribution is -2.11. The molecule has 0 aromatic heterocycles. The first-order valence-electron chi connectivity index (χ1n) is 8.61. The average Bonchev–Trinajstić information content (AvgIpc) is 2.67. The fourth-order valence-corrected chi connectivity index (χ4v) is 2.77. The minimum absolute atomic E-state index is 0.0307. The summed E-state index contributed by atoms with van der Waals surface area (Å²) in [5, 5.41) is 0.628. The smallest absolute Gasteiger partial charge is 0.330 e. The zero-order chi connectivity index (χ0) is 19.6. The van der Waals surface area contributed by atoms with Crippen LogP contribution in [-0.4, -0.2) is 24.6 Å². The summed E-state index contributed by atoms with van der Waals surface area (Å²) in [6, 6.07) is 14.3. The Hall–Kier alpha value is -2.72. The number of esters is 1. The lowest BCUT2D eigenvalue weighted by atomic mass is 9.95. The highest BCUT2D eigenvalue weighted by molar-refractivity contribution is 6.30. The second kappa shape index (κ2) is 10.4. The van der Waals surface area contributed by atoms with Gasteiger partial charge in [-0.15, -0.1) is 0 Å². The number of halogens is 1. The van der Waals surface area contributed by atoms with Gasteiger partial charge in [-0.25, -0.2) is 4.79 Å². The van der Waals surface area contributed by atoms with Gasteiger partial charge in [0, 0.05) is 35.9 Å². The van der Waals surface area contributed by atoms with Gasteiger partial charge in [-0.1, -0.05) is 54.1 Å². The number of carbonyl (C=O) groups excluding carboxylic acids is 3. The minimum Gasteiger partial charge on any atom is -0.466 e. The number of Topliss-reactive ketones (excluding diaryl/α,β-unsaturated/α-hetero) is 2. The Morgan fingerprint density at radius 3 is 2.41 bits per heavy atom. The number of rotatable bonds is 9. The summed E-state index contributed by atoms with van der Waals surface area (Å²) in [5.41, 5.74) is 2.16. The second-order valence-electron chi connectivity index (χ2n) is 6.06. The van der Waals surface area contributed by atoms with E-state index in [1.54, 1.807) is 36.4 Å². The van der Waals surface area contributed by atoms with Crippen molar-refractivity contribution in [1.29, 1.82) is 0 Å². The molecule has 0 saturated heterocycles. The normalized spacial score (nSPS) is 10.7. The largest absolute Gasteiger partial charge is 0.466 e. The van der Waals surface area contributed by atoms with E-state index in [0.717, 1.165) is 11.1 Å². The third-order valence-electron chi connectivity index (χ3n) is 4.01. The monoisotopic (exact) mass is 384 g/mol. The number of methoxy groups -OCH3 is 1. The lowest BCUT2D eigenvalue weighted by Gasteiger charge is -2.08. The van der Waals surface area contributed by atoms with Crippen molar-refractivity contribution < 1.29 is 19.1 Å². The summed E-state index contributed by atoms with van der Waals surface area (Å²) in [4.78, 5) is 35.9. The number of hydrogen-bond acceptors (Lipinski definition) is 4. The summed E-state index contributed by atoms with van der Waals surface area (Å²) >= 11 is 5.86. The summed E-state index contributed by atoms with van der Waals surface area (Å²) in [6.07, 6.45) is 4.09. The lowest BCUT2D eigenvalue weighted by molar-refractivity contribution is -0.134. The van der Waals surface area contributed by atoms with Gasteiger partial charge in [0.05, 0.1) is 7.11 Å². The van der Waals surface area contributed by atoms with Crippen LogP contribution in [0.1, 0.15) is 34.3 Å². The Balaban J connectivity index is 1.98. The van der Waals surface area contributed by atoms with Crippen LogP contribution in [0, 0.1) is 0 Å². The molecule has 4 nitrogen and oxygen atoms in total. The van der Waals surface area contributed by atoms with Crippen LogP contribution in [0.3, 0.4) is 0 Å². The van der Waals surface area contributed by atoms with Crippen LogP contribution in [0.5, 0.6) is 0 Å². The maximum Gasteiger partial charge on any atom is 0.330 e. The van der Waals surface area contributed by atoms with E-state index in [0.29, 0.717) is 23.4 Å². The third-order valence-corrected chi connectivity index (χ3v) is 4.27. The highest BCUT2D eigenvalue weighted by atomic mass is 35.5. The van der Waals surface area contributed by atoms with Crippen molar-refractivity contribution in [1.82, 2.24) is 0 Å². The molecule has 0 N–H and O–H groups in total. The number of allylic oxidation sites excluding steroid dienone is 1. The van der Waals surface area contributed by atoms with Gasteiger partial charge >= 0.3 is 5.97 Å². The van der Waals surface area contributed by atoms with Gasteiger partial charge in [-0.3, -0.25) is 9.59 Å². The Labute approximate surface area is 163 Å². The van der Waals surface area contributed by atoms with Gasteiger partial charge in [0.15, 0.2) is 5.78 Å². The van der Waals surface area contributed by atoms with Crippen LogP contribution >= 0.6 is 11.6 Å². The Bertz CT molecular complexity index is 838. The number of carbonyl (C=O) groups is 3. The van der Waals surface area contributed by atoms with Crippen molar-refractivity contribution >= 4 is 29.1 Å². The Morgan fingerprint density at radius 1 is 1.00 bits per heavy atom. The van der Waals surface area contributed by atoms with Crippen LogP contribution in [0.25, 0.3) is 0 Å². The predicted molar refractivity (Wildman–Crippen MR) is 105 cm³/mol. The highest BCUT2D eigenvalue weighted by Crippen LogP contribution is 2.16. The molecule has 0 unspecified atom stereocenters. The van der Waals surface area contributed by atoms with E-state index in [1.807, 2.05) is 18.2 Å². The second-order valence-corrected chi connectivity index (χ2v) is 6.50. The molecule has 0 amide bonds. The van der Waals surface area contributed by atoms with Crippen molar-refractivity contribution in [2.24, 2.45) is 0 Å². The molecular formula is C22H21ClO4. The van der Waals surface area contributed by atoms with Gasteiger partial charge in [0.25, 0.3) is 0 Å². The Morgan fingerprint density at radius 2 is 1.70 bits per heavy atom. The summed E-state index contributed by atoms with van der Waals surface area (Å²) in [7, 11) is 1.30. The topological polar surface area (TPSA) is 60.4 Å². The van der Waals surface area contributed by atoms with Crippen LogP contribution in [0.2, 0.25) is 5.02 Å². The molecule has 0 aliphatic heterocycles. The molecule has 0 spiro atoms. The van der Waals surface area contributed by atoms with E-state index in [-0.39, 0.29) is 24.4 Å². The average molecular weight is 385 g/mol. The van der Waals surface area contributed by atoms with Crippen molar-refractivity contribution in [2.75, 3.05) is 7.11 Å². The first kappa shape index (κ1) is 20.6. The molecule has 140 valence electrons. The van der Waals surface area contributed by atoms with Gasteiger partial charge in [0.1, 0.15) is 5.78 Å². The summed E-state index contributed by atoms with van der Waals surface area (Å²) in [6.45, 7) is 0. The van der Waals surface area contributed by atoms with Gasteiger partial charge in [-0.2, -0.15) is 0 Å². The molecular weight excluding hydrogens is 364 g/mol. The van der Waals surface area contributed by atoms with E-state index >= 15 is 0 Å². The molecule has 27 heavy (non-hydrogen) atoms. The van der Waals surface area contributed by atoms with Crippen molar-refractivity contribution in [3.63, 3.8) is 0 Å². The van der Waals surface area contributed by atoms with E-state index in [2.05, 4.69) is 4.74 Å². The van der Waals surface area contributed by atoms with Crippen LogP contribution in [0.4, 0.5) is 0 Å². The molecule has 0 atom stereocenters. The molecule has 0 aliphatic rings. The van der Waals surface area contributed by atoms with Crippen LogP contribution in [0.15, 0.2) is 60.7 Å². The van der Waals surface area contributed by atoms with Crippen LogP contribution in [-0.2, 0) is 27.2 Å². The van der Waals surface area contributed by atoms with E-state index < -0.39 is 5.97 Å². The number of benzene rings is 2. The molecule has 0 aliphatic carbocycles. The fourth-order valence-electron chi connectivity index (χ4n) is 2.65. The zero-order valence-electron chi connectivity index (χ0n) is 15.1. The van der Waals surface area contributed by atoms with Gasteiger partial charge in [-0.05, 0) is 29.7 Å².